The molecule has 2 heteroatoms. The third-order valence-electron chi connectivity index (χ3n) is 4.03. The van der Waals surface area contributed by atoms with E-state index in [1.807, 2.05) is 0 Å². The number of hydrogen-bond acceptors (Lipinski definition) is 2. The van der Waals surface area contributed by atoms with Crippen LogP contribution in [0.25, 0.3) is 0 Å². The Kier molecular flexibility index (Phi) is 6.50. The molecule has 102 valence electrons. The molecule has 0 amide bonds. The third kappa shape index (κ3) is 5.39. The molecule has 0 bridgehead atoms. The average molecular weight is 241 g/mol. The van der Waals surface area contributed by atoms with Crippen LogP contribution in [0.15, 0.2) is 0 Å². The fraction of sp³-hybridized carbons (Fsp3) is 1.00. The minimum atomic E-state index is -0.176. The van der Waals surface area contributed by atoms with Crippen molar-refractivity contribution in [2.45, 2.75) is 71.9 Å². The zero-order chi connectivity index (χ0) is 12.8. The van der Waals surface area contributed by atoms with Gasteiger partial charge < -0.3 is 10.4 Å². The predicted octanol–water partition coefficient (Wildman–Crippen LogP) is 3.20. The van der Waals surface area contributed by atoms with Crippen molar-refractivity contribution in [1.29, 1.82) is 0 Å². The van der Waals surface area contributed by atoms with Crippen LogP contribution in [0.3, 0.4) is 0 Å². The van der Waals surface area contributed by atoms with E-state index in [4.69, 9.17) is 0 Å². The minimum Gasteiger partial charge on any atom is -0.392 e. The summed E-state index contributed by atoms with van der Waals surface area (Å²) in [7, 11) is 0. The van der Waals surface area contributed by atoms with Gasteiger partial charge in [-0.1, -0.05) is 40.5 Å². The maximum absolute atomic E-state index is 9.91. The van der Waals surface area contributed by atoms with Crippen molar-refractivity contribution in [3.05, 3.63) is 0 Å². The van der Waals surface area contributed by atoms with Gasteiger partial charge in [-0.3, -0.25) is 0 Å². The maximum atomic E-state index is 9.91. The Labute approximate surface area is 107 Å². The molecular weight excluding hydrogens is 210 g/mol. The van der Waals surface area contributed by atoms with Gasteiger partial charge in [-0.05, 0) is 37.0 Å². The molecule has 1 rings (SSSR count). The maximum Gasteiger partial charge on any atom is 0.0667 e. The van der Waals surface area contributed by atoms with E-state index in [1.165, 1.54) is 25.7 Å². The lowest BCUT2D eigenvalue weighted by Crippen LogP contribution is -2.44. The quantitative estimate of drug-likeness (QED) is 0.748. The lowest BCUT2D eigenvalue weighted by Gasteiger charge is -2.35. The molecule has 0 aromatic rings. The van der Waals surface area contributed by atoms with E-state index >= 15 is 0 Å². The SMILES string of the molecule is CC(C)CC(O)CNC1CCCCC1C(C)C. The number of rotatable bonds is 6. The average Bonchev–Trinajstić information content (AvgIpc) is 2.25. The Morgan fingerprint density at radius 1 is 1.12 bits per heavy atom. The Bertz CT molecular complexity index is 203. The first-order valence-corrected chi connectivity index (χ1v) is 7.42. The first-order chi connectivity index (χ1) is 8.00. The molecule has 3 unspecified atom stereocenters. The topological polar surface area (TPSA) is 32.3 Å². The standard InChI is InChI=1S/C15H31NO/c1-11(2)9-13(17)10-16-15-8-6-5-7-14(15)12(3)4/h11-17H,5-10H2,1-4H3. The van der Waals surface area contributed by atoms with Gasteiger partial charge in [0.1, 0.15) is 0 Å². The summed E-state index contributed by atoms with van der Waals surface area (Å²) >= 11 is 0. The van der Waals surface area contributed by atoms with Crippen LogP contribution in [0.1, 0.15) is 59.8 Å². The van der Waals surface area contributed by atoms with Crippen molar-refractivity contribution in [1.82, 2.24) is 5.32 Å². The summed E-state index contributed by atoms with van der Waals surface area (Å²) < 4.78 is 0. The molecule has 1 aliphatic carbocycles. The van der Waals surface area contributed by atoms with Crippen LogP contribution in [-0.2, 0) is 0 Å². The number of aliphatic hydroxyl groups is 1. The second-order valence-electron chi connectivity index (χ2n) is 6.49. The molecule has 0 radical (unpaired) electrons. The smallest absolute Gasteiger partial charge is 0.0667 e. The molecule has 2 N–H and O–H groups in total. The summed E-state index contributed by atoms with van der Waals surface area (Å²) in [6.07, 6.45) is 6.11. The summed E-state index contributed by atoms with van der Waals surface area (Å²) in [4.78, 5) is 0. The normalized spacial score (nSPS) is 27.7. The van der Waals surface area contributed by atoms with Gasteiger partial charge >= 0.3 is 0 Å². The van der Waals surface area contributed by atoms with Gasteiger partial charge in [0.25, 0.3) is 0 Å². The van der Waals surface area contributed by atoms with Gasteiger partial charge in [0.2, 0.25) is 0 Å². The fourth-order valence-electron chi connectivity index (χ4n) is 3.13. The van der Waals surface area contributed by atoms with Gasteiger partial charge in [0.15, 0.2) is 0 Å². The second-order valence-corrected chi connectivity index (χ2v) is 6.49. The van der Waals surface area contributed by atoms with Gasteiger partial charge in [-0.25, -0.2) is 0 Å². The highest BCUT2D eigenvalue weighted by Crippen LogP contribution is 2.30. The summed E-state index contributed by atoms with van der Waals surface area (Å²) in [6.45, 7) is 9.76. The van der Waals surface area contributed by atoms with Gasteiger partial charge in [-0.15, -0.1) is 0 Å². The monoisotopic (exact) mass is 241 g/mol. The Morgan fingerprint density at radius 2 is 1.76 bits per heavy atom. The van der Waals surface area contributed by atoms with Crippen molar-refractivity contribution < 1.29 is 5.11 Å². The number of nitrogens with one attached hydrogen (secondary N) is 1. The molecule has 1 aliphatic rings. The zero-order valence-corrected chi connectivity index (χ0v) is 12.1. The van der Waals surface area contributed by atoms with Crippen molar-refractivity contribution in [2.75, 3.05) is 6.54 Å². The molecule has 0 heterocycles. The van der Waals surface area contributed by atoms with E-state index in [-0.39, 0.29) is 6.10 Å². The van der Waals surface area contributed by atoms with Gasteiger partial charge in [0.05, 0.1) is 6.10 Å². The lowest BCUT2D eigenvalue weighted by molar-refractivity contribution is 0.125. The van der Waals surface area contributed by atoms with Crippen LogP contribution in [0, 0.1) is 17.8 Å². The number of aliphatic hydroxyl groups excluding tert-OH is 1. The summed E-state index contributed by atoms with van der Waals surface area (Å²) in [5.41, 5.74) is 0. The Balaban J connectivity index is 2.32. The minimum absolute atomic E-state index is 0.176. The van der Waals surface area contributed by atoms with Crippen molar-refractivity contribution >= 4 is 0 Å². The van der Waals surface area contributed by atoms with E-state index in [2.05, 4.69) is 33.0 Å². The van der Waals surface area contributed by atoms with E-state index in [1.54, 1.807) is 0 Å². The lowest BCUT2D eigenvalue weighted by atomic mass is 9.78. The summed E-state index contributed by atoms with van der Waals surface area (Å²) in [5, 5.41) is 13.5. The third-order valence-corrected chi connectivity index (χ3v) is 4.03. The summed E-state index contributed by atoms with van der Waals surface area (Å²) in [5.74, 6) is 2.14. The van der Waals surface area contributed by atoms with Crippen molar-refractivity contribution in [3.8, 4) is 0 Å². The molecule has 1 fully saturated rings. The van der Waals surface area contributed by atoms with Crippen molar-refractivity contribution in [3.63, 3.8) is 0 Å². The van der Waals surface area contributed by atoms with Crippen LogP contribution in [0.5, 0.6) is 0 Å². The fourth-order valence-corrected chi connectivity index (χ4v) is 3.13. The molecule has 0 aliphatic heterocycles. The zero-order valence-electron chi connectivity index (χ0n) is 12.1. The van der Waals surface area contributed by atoms with Crippen LogP contribution in [0.2, 0.25) is 0 Å². The highest BCUT2D eigenvalue weighted by atomic mass is 16.3. The van der Waals surface area contributed by atoms with Gasteiger partial charge in [0, 0.05) is 12.6 Å². The molecule has 0 spiro atoms. The van der Waals surface area contributed by atoms with Gasteiger partial charge in [-0.2, -0.15) is 0 Å². The Morgan fingerprint density at radius 3 is 2.35 bits per heavy atom. The van der Waals surface area contributed by atoms with Crippen molar-refractivity contribution in [2.24, 2.45) is 17.8 Å². The second kappa shape index (κ2) is 7.38. The van der Waals surface area contributed by atoms with E-state index in [0.29, 0.717) is 12.0 Å². The highest BCUT2D eigenvalue weighted by Gasteiger charge is 2.27. The van der Waals surface area contributed by atoms with Crippen LogP contribution in [0.4, 0.5) is 0 Å². The van der Waals surface area contributed by atoms with Crippen LogP contribution >= 0.6 is 0 Å². The first-order valence-electron chi connectivity index (χ1n) is 7.42. The van der Waals surface area contributed by atoms with E-state index in [9.17, 15) is 5.11 Å². The molecule has 0 saturated heterocycles. The largest absolute Gasteiger partial charge is 0.392 e. The molecule has 0 aromatic carbocycles. The van der Waals surface area contributed by atoms with E-state index in [0.717, 1.165) is 24.8 Å². The first kappa shape index (κ1) is 15.0. The molecule has 17 heavy (non-hydrogen) atoms. The molecular formula is C15H31NO. The van der Waals surface area contributed by atoms with Crippen LogP contribution < -0.4 is 5.32 Å². The van der Waals surface area contributed by atoms with Crippen LogP contribution in [-0.4, -0.2) is 23.8 Å². The Hall–Kier alpha value is -0.0800. The molecule has 1 saturated carbocycles. The molecule has 3 atom stereocenters. The van der Waals surface area contributed by atoms with E-state index < -0.39 is 0 Å². The summed E-state index contributed by atoms with van der Waals surface area (Å²) in [6, 6.07) is 0.630. The predicted molar refractivity (Wildman–Crippen MR) is 74.0 cm³/mol. The molecule has 0 aromatic heterocycles. The molecule has 2 nitrogen and oxygen atoms in total. The number of hydrogen-bond donors (Lipinski definition) is 2. The highest BCUT2D eigenvalue weighted by molar-refractivity contribution is 4.83.